The average Bonchev–Trinajstić information content (AvgIpc) is 3.47. The highest BCUT2D eigenvalue weighted by Crippen LogP contribution is 2.39. The van der Waals surface area contributed by atoms with Gasteiger partial charge in [0.1, 0.15) is 11.2 Å². The van der Waals surface area contributed by atoms with E-state index in [2.05, 4.69) is 109 Å². The van der Waals surface area contributed by atoms with Crippen molar-refractivity contribution in [1.82, 2.24) is 9.97 Å². The third-order valence-corrected chi connectivity index (χ3v) is 8.50. The van der Waals surface area contributed by atoms with Crippen LogP contribution in [0.15, 0.2) is 150 Å². The topological polar surface area (TPSA) is 38.9 Å². The molecule has 0 spiro atoms. The van der Waals surface area contributed by atoms with Gasteiger partial charge in [-0.25, -0.2) is 4.98 Å². The van der Waals surface area contributed by atoms with Crippen LogP contribution in [-0.4, -0.2) is 9.97 Å². The molecule has 0 radical (unpaired) electrons. The minimum atomic E-state index is 0.880. The van der Waals surface area contributed by atoms with Gasteiger partial charge < -0.3 is 4.42 Å². The summed E-state index contributed by atoms with van der Waals surface area (Å²) in [4.78, 5) is 10.1. The quantitative estimate of drug-likeness (QED) is 0.206. The molecule has 200 valence electrons. The van der Waals surface area contributed by atoms with Crippen LogP contribution in [0.5, 0.6) is 0 Å². The molecule has 0 amide bonds. The lowest BCUT2D eigenvalue weighted by Gasteiger charge is -2.12. The van der Waals surface area contributed by atoms with Gasteiger partial charge in [0.05, 0.1) is 22.9 Å². The largest absolute Gasteiger partial charge is 0.455 e. The van der Waals surface area contributed by atoms with E-state index >= 15 is 0 Å². The third-order valence-electron chi connectivity index (χ3n) is 8.50. The van der Waals surface area contributed by atoms with E-state index < -0.39 is 0 Å². The Morgan fingerprint density at radius 1 is 0.419 bits per heavy atom. The second-order valence-electron chi connectivity index (χ2n) is 11.0. The summed E-state index contributed by atoms with van der Waals surface area (Å²) in [5.41, 5.74) is 10.2. The van der Waals surface area contributed by atoms with Gasteiger partial charge in [0.2, 0.25) is 0 Å². The van der Waals surface area contributed by atoms with Crippen LogP contribution in [-0.2, 0) is 0 Å². The molecule has 0 aliphatic carbocycles. The summed E-state index contributed by atoms with van der Waals surface area (Å²) in [5, 5.41) is 6.84. The average molecular weight is 549 g/mol. The van der Waals surface area contributed by atoms with E-state index in [1.807, 2.05) is 36.5 Å². The van der Waals surface area contributed by atoms with Crippen molar-refractivity contribution in [1.29, 1.82) is 0 Å². The lowest BCUT2D eigenvalue weighted by Crippen LogP contribution is -1.92. The van der Waals surface area contributed by atoms with Gasteiger partial charge in [0.25, 0.3) is 0 Å². The van der Waals surface area contributed by atoms with Gasteiger partial charge in [-0.15, -0.1) is 0 Å². The Bertz CT molecular complexity index is 2490. The molecule has 2 heterocycles. The van der Waals surface area contributed by atoms with Crippen molar-refractivity contribution in [2.24, 2.45) is 0 Å². The summed E-state index contributed by atoms with van der Waals surface area (Å²) >= 11 is 0. The molecule has 7 aromatic carbocycles. The van der Waals surface area contributed by atoms with Crippen molar-refractivity contribution in [2.45, 2.75) is 0 Å². The van der Waals surface area contributed by atoms with Crippen molar-refractivity contribution in [3.05, 3.63) is 146 Å². The standard InChI is InChI=1S/C40H24N2O/c1-2-10-25(11-3-1)36-24-41-38-33-21-20-27(23-35(33)30-14-4-5-16-32(30)39(38)42-36)26-12-8-13-28(22-26)29-17-9-18-34-31-15-6-7-19-37(31)43-40(29)34/h1-24H. The molecule has 9 aromatic rings. The van der Waals surface area contributed by atoms with Crippen LogP contribution in [0.25, 0.3) is 88.0 Å². The summed E-state index contributed by atoms with van der Waals surface area (Å²) in [6, 6.07) is 48.8. The van der Waals surface area contributed by atoms with E-state index in [9.17, 15) is 0 Å². The molecule has 9 rings (SSSR count). The molecule has 0 aliphatic rings. The maximum atomic E-state index is 6.35. The molecule has 0 aliphatic heterocycles. The zero-order chi connectivity index (χ0) is 28.3. The van der Waals surface area contributed by atoms with E-state index in [-0.39, 0.29) is 0 Å². The van der Waals surface area contributed by atoms with Crippen LogP contribution < -0.4 is 0 Å². The molecule has 43 heavy (non-hydrogen) atoms. The number of aromatic nitrogens is 2. The number of hydrogen-bond acceptors (Lipinski definition) is 3. The summed E-state index contributed by atoms with van der Waals surface area (Å²) in [5.74, 6) is 0. The molecule has 3 heteroatoms. The maximum Gasteiger partial charge on any atom is 0.143 e. The van der Waals surface area contributed by atoms with Crippen molar-refractivity contribution in [3.8, 4) is 33.5 Å². The number of nitrogens with zero attached hydrogens (tertiary/aromatic N) is 2. The number of benzene rings is 7. The van der Waals surface area contributed by atoms with Crippen LogP contribution >= 0.6 is 0 Å². The Hall–Kier alpha value is -5.80. The van der Waals surface area contributed by atoms with Gasteiger partial charge in [-0.1, -0.05) is 121 Å². The van der Waals surface area contributed by atoms with Crippen molar-refractivity contribution in [2.75, 3.05) is 0 Å². The first-order valence-corrected chi connectivity index (χ1v) is 14.5. The smallest absolute Gasteiger partial charge is 0.143 e. The van der Waals surface area contributed by atoms with Gasteiger partial charge >= 0.3 is 0 Å². The fraction of sp³-hybridized carbons (Fsp3) is 0. The predicted molar refractivity (Wildman–Crippen MR) is 178 cm³/mol. The fourth-order valence-electron chi connectivity index (χ4n) is 6.44. The van der Waals surface area contributed by atoms with Crippen molar-refractivity contribution in [3.63, 3.8) is 0 Å². The van der Waals surface area contributed by atoms with Gasteiger partial charge in [0.15, 0.2) is 0 Å². The number of fused-ring (bicyclic) bond motifs is 9. The minimum Gasteiger partial charge on any atom is -0.455 e. The summed E-state index contributed by atoms with van der Waals surface area (Å²) in [6.07, 6.45) is 1.89. The second-order valence-corrected chi connectivity index (χ2v) is 11.0. The Labute approximate surface area is 247 Å². The molecule has 0 bridgehead atoms. The maximum absolute atomic E-state index is 6.35. The van der Waals surface area contributed by atoms with E-state index in [4.69, 9.17) is 14.4 Å². The van der Waals surface area contributed by atoms with Crippen LogP contribution in [0.4, 0.5) is 0 Å². The fourth-order valence-corrected chi connectivity index (χ4v) is 6.44. The highest BCUT2D eigenvalue weighted by molar-refractivity contribution is 6.23. The molecule has 0 saturated heterocycles. The first-order valence-electron chi connectivity index (χ1n) is 14.5. The predicted octanol–water partition coefficient (Wildman–Crippen LogP) is 10.8. The Balaban J connectivity index is 1.22. The Morgan fingerprint density at radius 2 is 1.09 bits per heavy atom. The van der Waals surface area contributed by atoms with E-state index in [1.54, 1.807) is 0 Å². The number of para-hydroxylation sites is 2. The van der Waals surface area contributed by atoms with Gasteiger partial charge in [-0.2, -0.15) is 0 Å². The van der Waals surface area contributed by atoms with E-state index in [0.717, 1.165) is 77.3 Å². The molecule has 0 N–H and O–H groups in total. The highest BCUT2D eigenvalue weighted by atomic mass is 16.3. The monoisotopic (exact) mass is 548 g/mol. The molecule has 3 nitrogen and oxygen atoms in total. The van der Waals surface area contributed by atoms with Crippen LogP contribution in [0.2, 0.25) is 0 Å². The molecule has 0 atom stereocenters. The summed E-state index contributed by atoms with van der Waals surface area (Å²) < 4.78 is 6.35. The minimum absolute atomic E-state index is 0.880. The highest BCUT2D eigenvalue weighted by Gasteiger charge is 2.15. The van der Waals surface area contributed by atoms with Crippen molar-refractivity contribution < 1.29 is 4.42 Å². The Kier molecular flexibility index (Phi) is 5.20. The van der Waals surface area contributed by atoms with Gasteiger partial charge in [-0.3, -0.25) is 4.98 Å². The summed E-state index contributed by atoms with van der Waals surface area (Å²) in [6.45, 7) is 0. The van der Waals surface area contributed by atoms with Gasteiger partial charge in [0, 0.05) is 32.7 Å². The third kappa shape index (κ3) is 3.75. The van der Waals surface area contributed by atoms with Crippen LogP contribution in [0, 0.1) is 0 Å². The number of hydrogen-bond donors (Lipinski definition) is 0. The number of rotatable bonds is 3. The molecule has 0 fully saturated rings. The first-order chi connectivity index (χ1) is 21.3. The van der Waals surface area contributed by atoms with Crippen molar-refractivity contribution >= 4 is 54.5 Å². The van der Waals surface area contributed by atoms with Crippen LogP contribution in [0.1, 0.15) is 0 Å². The zero-order valence-electron chi connectivity index (χ0n) is 23.2. The van der Waals surface area contributed by atoms with Gasteiger partial charge in [-0.05, 0) is 45.7 Å². The molecular formula is C40H24N2O. The second kappa shape index (κ2) is 9.37. The molecular weight excluding hydrogens is 524 g/mol. The summed E-state index contributed by atoms with van der Waals surface area (Å²) in [7, 11) is 0. The lowest BCUT2D eigenvalue weighted by atomic mass is 9.94. The zero-order valence-corrected chi connectivity index (χ0v) is 23.2. The molecule has 0 unspecified atom stereocenters. The van der Waals surface area contributed by atoms with E-state index in [1.165, 1.54) is 10.8 Å². The Morgan fingerprint density at radius 3 is 2.00 bits per heavy atom. The first kappa shape index (κ1) is 23.9. The lowest BCUT2D eigenvalue weighted by molar-refractivity contribution is 0.670. The molecule has 2 aromatic heterocycles. The molecule has 0 saturated carbocycles. The van der Waals surface area contributed by atoms with E-state index in [0.29, 0.717) is 0 Å². The van der Waals surface area contributed by atoms with Crippen LogP contribution in [0.3, 0.4) is 0 Å². The SMILES string of the molecule is c1ccc(-c2cnc3c4ccc(-c5cccc(-c6cccc7c6oc6ccccc67)c5)cc4c4ccccc4c3n2)cc1. The normalized spacial score (nSPS) is 11.7. The number of furan rings is 1.